The van der Waals surface area contributed by atoms with E-state index in [2.05, 4.69) is 0 Å². The SMILES string of the molecule is N#Cc1ccc(OCCOC(=O)C2(O)CCCCC2)cc1. The molecule has 5 nitrogen and oxygen atoms in total. The smallest absolute Gasteiger partial charge is 0.338 e. The second-order valence-electron chi connectivity index (χ2n) is 5.21. The first kappa shape index (κ1) is 15.3. The average Bonchev–Trinajstić information content (AvgIpc) is 2.52. The molecule has 1 aliphatic rings. The number of hydrogen-bond donors (Lipinski definition) is 1. The normalized spacial score (nSPS) is 16.8. The highest BCUT2D eigenvalue weighted by molar-refractivity contribution is 5.79. The third-order valence-corrected chi connectivity index (χ3v) is 3.63. The summed E-state index contributed by atoms with van der Waals surface area (Å²) in [5.41, 5.74) is -0.750. The van der Waals surface area contributed by atoms with Crippen molar-refractivity contribution in [3.8, 4) is 11.8 Å². The molecule has 1 aromatic rings. The molecule has 0 aliphatic heterocycles. The van der Waals surface area contributed by atoms with Gasteiger partial charge in [0.2, 0.25) is 0 Å². The summed E-state index contributed by atoms with van der Waals surface area (Å²) in [4.78, 5) is 11.9. The Bertz CT molecular complexity index is 512. The lowest BCUT2D eigenvalue weighted by atomic mass is 9.85. The van der Waals surface area contributed by atoms with Crippen molar-refractivity contribution in [2.75, 3.05) is 13.2 Å². The molecule has 2 rings (SSSR count). The molecule has 0 spiro atoms. The van der Waals surface area contributed by atoms with Gasteiger partial charge in [0.05, 0.1) is 11.6 Å². The average molecular weight is 289 g/mol. The molecule has 1 saturated carbocycles. The number of esters is 1. The van der Waals surface area contributed by atoms with E-state index in [9.17, 15) is 9.90 Å². The summed E-state index contributed by atoms with van der Waals surface area (Å²) in [6.07, 6.45) is 3.71. The standard InChI is InChI=1S/C16H19NO4/c17-12-13-4-6-14(7-5-13)20-10-11-21-15(18)16(19)8-2-1-3-9-16/h4-7,19H,1-3,8-11H2. The van der Waals surface area contributed by atoms with Crippen LogP contribution in [0.1, 0.15) is 37.7 Å². The van der Waals surface area contributed by atoms with Gasteiger partial charge in [-0.3, -0.25) is 0 Å². The van der Waals surface area contributed by atoms with Crippen LogP contribution in [0.2, 0.25) is 0 Å². The maximum absolute atomic E-state index is 11.9. The Morgan fingerprint density at radius 1 is 1.19 bits per heavy atom. The number of ether oxygens (including phenoxy) is 2. The molecule has 0 aromatic heterocycles. The molecular weight excluding hydrogens is 270 g/mol. The zero-order valence-electron chi connectivity index (χ0n) is 11.9. The first-order valence-electron chi connectivity index (χ1n) is 7.17. The largest absolute Gasteiger partial charge is 0.490 e. The van der Waals surface area contributed by atoms with Crippen molar-refractivity contribution < 1.29 is 19.4 Å². The zero-order valence-corrected chi connectivity index (χ0v) is 11.9. The van der Waals surface area contributed by atoms with E-state index in [1.54, 1.807) is 24.3 Å². The van der Waals surface area contributed by atoms with Crippen molar-refractivity contribution in [2.45, 2.75) is 37.7 Å². The van der Waals surface area contributed by atoms with Crippen molar-refractivity contribution >= 4 is 5.97 Å². The molecule has 1 aliphatic carbocycles. The van der Waals surface area contributed by atoms with Crippen LogP contribution in [0, 0.1) is 11.3 Å². The number of nitrogens with zero attached hydrogens (tertiary/aromatic N) is 1. The Morgan fingerprint density at radius 2 is 1.86 bits per heavy atom. The highest BCUT2D eigenvalue weighted by Crippen LogP contribution is 2.29. The minimum Gasteiger partial charge on any atom is -0.490 e. The predicted octanol–water partition coefficient (Wildman–Crippen LogP) is 2.18. The Balaban J connectivity index is 1.71. The van der Waals surface area contributed by atoms with E-state index in [1.165, 1.54) is 0 Å². The van der Waals surface area contributed by atoms with Gasteiger partial charge in [0.25, 0.3) is 0 Å². The molecular formula is C16H19NO4. The number of carbonyl (C=O) groups excluding carboxylic acids is 1. The summed E-state index contributed by atoms with van der Waals surface area (Å²) in [6.45, 7) is 0.314. The fraction of sp³-hybridized carbons (Fsp3) is 0.500. The van der Waals surface area contributed by atoms with Gasteiger partial charge in [-0.05, 0) is 49.9 Å². The highest BCUT2D eigenvalue weighted by atomic mass is 16.6. The molecule has 1 aromatic carbocycles. The lowest BCUT2D eigenvalue weighted by Gasteiger charge is -2.29. The van der Waals surface area contributed by atoms with Gasteiger partial charge < -0.3 is 14.6 Å². The lowest BCUT2D eigenvalue weighted by molar-refractivity contribution is -0.169. The van der Waals surface area contributed by atoms with Gasteiger partial charge in [-0.2, -0.15) is 5.26 Å². The Hall–Kier alpha value is -2.06. The molecule has 1 fully saturated rings. The van der Waals surface area contributed by atoms with Gasteiger partial charge in [-0.25, -0.2) is 4.79 Å². The van der Waals surface area contributed by atoms with Crippen molar-refractivity contribution in [1.29, 1.82) is 5.26 Å². The second kappa shape index (κ2) is 7.09. The Morgan fingerprint density at radius 3 is 2.48 bits per heavy atom. The number of benzene rings is 1. The van der Waals surface area contributed by atoms with Crippen molar-refractivity contribution in [2.24, 2.45) is 0 Å². The quantitative estimate of drug-likeness (QED) is 0.664. The fourth-order valence-electron chi connectivity index (χ4n) is 2.39. The van der Waals surface area contributed by atoms with Gasteiger partial charge >= 0.3 is 5.97 Å². The van der Waals surface area contributed by atoms with Gasteiger partial charge in [-0.1, -0.05) is 6.42 Å². The summed E-state index contributed by atoms with van der Waals surface area (Å²) in [5, 5.41) is 18.8. The van der Waals surface area contributed by atoms with Crippen molar-refractivity contribution in [3.63, 3.8) is 0 Å². The Labute approximate surface area is 124 Å². The van der Waals surface area contributed by atoms with Crippen LogP contribution in [-0.2, 0) is 9.53 Å². The molecule has 0 unspecified atom stereocenters. The minimum atomic E-state index is -1.31. The van der Waals surface area contributed by atoms with Crippen LogP contribution in [0.15, 0.2) is 24.3 Å². The van der Waals surface area contributed by atoms with E-state index in [0.717, 1.165) is 19.3 Å². The number of carbonyl (C=O) groups is 1. The molecule has 1 N–H and O–H groups in total. The Kier molecular flexibility index (Phi) is 5.18. The fourth-order valence-corrected chi connectivity index (χ4v) is 2.39. The molecule has 0 atom stereocenters. The van der Waals surface area contributed by atoms with Crippen LogP contribution >= 0.6 is 0 Å². The van der Waals surface area contributed by atoms with E-state index in [0.29, 0.717) is 24.2 Å². The van der Waals surface area contributed by atoms with E-state index in [-0.39, 0.29) is 13.2 Å². The van der Waals surface area contributed by atoms with Crippen LogP contribution in [0.4, 0.5) is 0 Å². The molecule has 112 valence electrons. The molecule has 0 radical (unpaired) electrons. The molecule has 0 saturated heterocycles. The minimum absolute atomic E-state index is 0.0984. The second-order valence-corrected chi connectivity index (χ2v) is 5.21. The van der Waals surface area contributed by atoms with E-state index in [4.69, 9.17) is 14.7 Å². The van der Waals surface area contributed by atoms with Crippen LogP contribution in [-0.4, -0.2) is 29.9 Å². The number of hydrogen-bond acceptors (Lipinski definition) is 5. The van der Waals surface area contributed by atoms with Gasteiger partial charge in [0.15, 0.2) is 5.60 Å². The van der Waals surface area contributed by atoms with Crippen LogP contribution < -0.4 is 4.74 Å². The van der Waals surface area contributed by atoms with Crippen LogP contribution in [0.25, 0.3) is 0 Å². The van der Waals surface area contributed by atoms with E-state index in [1.807, 2.05) is 6.07 Å². The number of aliphatic hydroxyl groups is 1. The lowest BCUT2D eigenvalue weighted by Crippen LogP contribution is -2.42. The highest BCUT2D eigenvalue weighted by Gasteiger charge is 2.38. The van der Waals surface area contributed by atoms with Gasteiger partial charge in [0, 0.05) is 0 Å². The van der Waals surface area contributed by atoms with Crippen LogP contribution in [0.5, 0.6) is 5.75 Å². The van der Waals surface area contributed by atoms with E-state index >= 15 is 0 Å². The van der Waals surface area contributed by atoms with Gasteiger partial charge in [-0.15, -0.1) is 0 Å². The van der Waals surface area contributed by atoms with Gasteiger partial charge in [0.1, 0.15) is 19.0 Å². The molecule has 0 heterocycles. The molecule has 0 bridgehead atoms. The maximum atomic E-state index is 11.9. The third-order valence-electron chi connectivity index (χ3n) is 3.63. The molecule has 0 amide bonds. The summed E-state index contributed by atoms with van der Waals surface area (Å²) < 4.78 is 10.5. The van der Waals surface area contributed by atoms with Crippen molar-refractivity contribution in [1.82, 2.24) is 0 Å². The summed E-state index contributed by atoms with van der Waals surface area (Å²) >= 11 is 0. The van der Waals surface area contributed by atoms with E-state index < -0.39 is 11.6 Å². The topological polar surface area (TPSA) is 79.5 Å². The summed E-state index contributed by atoms with van der Waals surface area (Å²) in [7, 11) is 0. The third kappa shape index (κ3) is 4.20. The summed E-state index contributed by atoms with van der Waals surface area (Å²) in [5.74, 6) is 0.0621. The van der Waals surface area contributed by atoms with Crippen molar-refractivity contribution in [3.05, 3.63) is 29.8 Å². The predicted molar refractivity (Wildman–Crippen MR) is 75.6 cm³/mol. The van der Waals surface area contributed by atoms with Crippen LogP contribution in [0.3, 0.4) is 0 Å². The maximum Gasteiger partial charge on any atom is 0.338 e. The monoisotopic (exact) mass is 289 g/mol. The number of nitriles is 1. The summed E-state index contributed by atoms with van der Waals surface area (Å²) in [6, 6.07) is 8.72. The first-order valence-corrected chi connectivity index (χ1v) is 7.17. The number of rotatable bonds is 5. The zero-order chi connectivity index (χ0) is 15.1. The molecule has 5 heteroatoms. The first-order chi connectivity index (χ1) is 10.1. The molecule has 21 heavy (non-hydrogen) atoms.